The zero-order valence-corrected chi connectivity index (χ0v) is 12.6. The van der Waals surface area contributed by atoms with Crippen LogP contribution >= 0.6 is 0 Å². The Labute approximate surface area is 133 Å². The van der Waals surface area contributed by atoms with Gasteiger partial charge in [0.25, 0.3) is 0 Å². The van der Waals surface area contributed by atoms with E-state index < -0.39 is 0 Å². The number of hydrogen-bond acceptors (Lipinski definition) is 4. The number of fused-ring (bicyclic) bond motifs is 1. The third-order valence-corrected chi connectivity index (χ3v) is 4.18. The van der Waals surface area contributed by atoms with Crippen LogP contribution in [0.15, 0.2) is 36.7 Å². The lowest BCUT2D eigenvalue weighted by Crippen LogP contribution is -2.18. The summed E-state index contributed by atoms with van der Waals surface area (Å²) in [7, 11) is 0. The van der Waals surface area contributed by atoms with E-state index in [4.69, 9.17) is 0 Å². The van der Waals surface area contributed by atoms with Crippen LogP contribution in [-0.2, 0) is 4.79 Å². The molecule has 4 rings (SSSR count). The first kappa shape index (κ1) is 13.8. The van der Waals surface area contributed by atoms with Crippen molar-refractivity contribution in [3.8, 4) is 11.3 Å². The van der Waals surface area contributed by atoms with Gasteiger partial charge in [-0.2, -0.15) is 0 Å². The van der Waals surface area contributed by atoms with E-state index in [-0.39, 0.29) is 0 Å². The van der Waals surface area contributed by atoms with Crippen molar-refractivity contribution in [2.75, 3.05) is 23.3 Å². The molecular weight excluding hydrogens is 290 g/mol. The summed E-state index contributed by atoms with van der Waals surface area (Å²) in [6, 6.07) is 8.05. The summed E-state index contributed by atoms with van der Waals surface area (Å²) < 4.78 is 0. The summed E-state index contributed by atoms with van der Waals surface area (Å²) in [5, 5.41) is 3.59. The molecule has 1 saturated heterocycles. The van der Waals surface area contributed by atoms with E-state index in [0.717, 1.165) is 41.2 Å². The summed E-state index contributed by atoms with van der Waals surface area (Å²) in [5.41, 5.74) is 3.57. The zero-order valence-electron chi connectivity index (χ0n) is 12.6. The normalized spacial score (nSPS) is 14.3. The van der Waals surface area contributed by atoms with Crippen LogP contribution in [0.2, 0.25) is 0 Å². The molecule has 2 N–H and O–H groups in total. The van der Waals surface area contributed by atoms with Crippen LogP contribution < -0.4 is 10.2 Å². The highest BCUT2D eigenvalue weighted by molar-refractivity contribution is 5.87. The third-order valence-electron chi connectivity index (χ3n) is 4.18. The van der Waals surface area contributed by atoms with Gasteiger partial charge in [-0.25, -0.2) is 9.97 Å². The average molecular weight is 307 g/mol. The second kappa shape index (κ2) is 5.72. The quantitative estimate of drug-likeness (QED) is 0.727. The predicted octanol–water partition coefficient (Wildman–Crippen LogP) is 2.79. The molecule has 0 spiro atoms. The van der Waals surface area contributed by atoms with Crippen LogP contribution in [0.4, 0.5) is 11.5 Å². The van der Waals surface area contributed by atoms with E-state index in [1.807, 2.05) is 24.4 Å². The van der Waals surface area contributed by atoms with Crippen molar-refractivity contribution in [3.63, 3.8) is 0 Å². The van der Waals surface area contributed by atoms with E-state index in [1.165, 1.54) is 12.8 Å². The summed E-state index contributed by atoms with van der Waals surface area (Å²) in [4.78, 5) is 25.0. The van der Waals surface area contributed by atoms with Gasteiger partial charge in [-0.05, 0) is 37.1 Å². The van der Waals surface area contributed by atoms with Crippen molar-refractivity contribution >= 4 is 28.9 Å². The Morgan fingerprint density at radius 2 is 2.04 bits per heavy atom. The molecule has 0 aliphatic carbocycles. The van der Waals surface area contributed by atoms with Gasteiger partial charge in [0.1, 0.15) is 11.5 Å². The van der Waals surface area contributed by atoms with Gasteiger partial charge in [0, 0.05) is 35.9 Å². The maximum Gasteiger partial charge on any atom is 0.211 e. The lowest BCUT2D eigenvalue weighted by molar-refractivity contribution is -0.105. The molecule has 0 radical (unpaired) electrons. The molecule has 6 heteroatoms. The Morgan fingerprint density at radius 3 is 2.87 bits per heavy atom. The molecule has 0 unspecified atom stereocenters. The summed E-state index contributed by atoms with van der Waals surface area (Å²) in [5.74, 6) is 1.02. The molecule has 1 aliphatic rings. The number of rotatable bonds is 4. The maximum atomic E-state index is 10.5. The molecule has 116 valence electrons. The van der Waals surface area contributed by atoms with Gasteiger partial charge in [0.15, 0.2) is 0 Å². The lowest BCUT2D eigenvalue weighted by Gasteiger charge is -2.16. The number of carbonyl (C=O) groups is 1. The van der Waals surface area contributed by atoms with Crippen molar-refractivity contribution in [3.05, 3.63) is 36.7 Å². The van der Waals surface area contributed by atoms with E-state index >= 15 is 0 Å². The van der Waals surface area contributed by atoms with Crippen molar-refractivity contribution in [2.24, 2.45) is 0 Å². The molecule has 6 nitrogen and oxygen atoms in total. The number of nitrogens with zero attached hydrogens (tertiary/aromatic N) is 3. The van der Waals surface area contributed by atoms with Crippen LogP contribution in [0.1, 0.15) is 12.8 Å². The topological polar surface area (TPSA) is 73.9 Å². The molecule has 1 fully saturated rings. The fourth-order valence-electron chi connectivity index (χ4n) is 3.02. The van der Waals surface area contributed by atoms with Crippen molar-refractivity contribution in [1.82, 2.24) is 15.0 Å². The number of H-pyrrole nitrogens is 1. The summed E-state index contributed by atoms with van der Waals surface area (Å²) in [6.07, 6.45) is 6.60. The van der Waals surface area contributed by atoms with Crippen LogP contribution in [0, 0.1) is 0 Å². The van der Waals surface area contributed by atoms with E-state index in [0.29, 0.717) is 12.1 Å². The first-order chi connectivity index (χ1) is 11.3. The van der Waals surface area contributed by atoms with Crippen molar-refractivity contribution in [2.45, 2.75) is 12.8 Å². The maximum absolute atomic E-state index is 10.5. The Balaban J connectivity index is 1.70. The number of hydrogen-bond donors (Lipinski definition) is 2. The highest BCUT2D eigenvalue weighted by atomic mass is 16.1. The Kier molecular flexibility index (Phi) is 3.42. The summed E-state index contributed by atoms with van der Waals surface area (Å²) >= 11 is 0. The van der Waals surface area contributed by atoms with Gasteiger partial charge in [0.2, 0.25) is 6.41 Å². The van der Waals surface area contributed by atoms with Crippen LogP contribution in [0.3, 0.4) is 0 Å². The number of nitrogens with one attached hydrogen (secondary N) is 2. The third kappa shape index (κ3) is 2.63. The zero-order chi connectivity index (χ0) is 15.6. The van der Waals surface area contributed by atoms with E-state index in [2.05, 4.69) is 31.2 Å². The molecule has 0 saturated carbocycles. The minimum Gasteiger partial charge on any atom is -0.357 e. The molecule has 1 aliphatic heterocycles. The number of amides is 1. The van der Waals surface area contributed by atoms with E-state index in [9.17, 15) is 4.79 Å². The fraction of sp³-hybridized carbons (Fsp3) is 0.235. The number of anilines is 2. The molecule has 3 aromatic heterocycles. The molecule has 0 aromatic carbocycles. The monoisotopic (exact) mass is 307 g/mol. The smallest absolute Gasteiger partial charge is 0.211 e. The number of aromatic amines is 1. The molecule has 1 amide bonds. The molecule has 4 heterocycles. The number of pyridine rings is 2. The Morgan fingerprint density at radius 1 is 1.17 bits per heavy atom. The molecular formula is C17H17N5O. The first-order valence-corrected chi connectivity index (χ1v) is 7.74. The van der Waals surface area contributed by atoms with E-state index in [1.54, 1.807) is 6.20 Å². The first-order valence-electron chi connectivity index (χ1n) is 7.74. The number of carbonyl (C=O) groups excluding carboxylic acids is 1. The lowest BCUT2D eigenvalue weighted by atomic mass is 10.2. The van der Waals surface area contributed by atoms with Crippen LogP contribution in [0.5, 0.6) is 0 Å². The summed E-state index contributed by atoms with van der Waals surface area (Å²) in [6.45, 7) is 2.15. The van der Waals surface area contributed by atoms with Crippen molar-refractivity contribution in [1.29, 1.82) is 0 Å². The van der Waals surface area contributed by atoms with Gasteiger partial charge in [-0.15, -0.1) is 0 Å². The Hall–Kier alpha value is -2.89. The van der Waals surface area contributed by atoms with Gasteiger partial charge in [-0.3, -0.25) is 4.79 Å². The van der Waals surface area contributed by atoms with Gasteiger partial charge in [-0.1, -0.05) is 0 Å². The molecule has 0 atom stereocenters. The predicted molar refractivity (Wildman–Crippen MR) is 90.5 cm³/mol. The average Bonchev–Trinajstić information content (AvgIpc) is 3.24. The molecule has 23 heavy (non-hydrogen) atoms. The molecule has 3 aromatic rings. The largest absolute Gasteiger partial charge is 0.357 e. The highest BCUT2D eigenvalue weighted by Gasteiger charge is 2.14. The SMILES string of the molecule is O=CNc1cnc2[nH]c(-c3ccnc(N4CCCC4)c3)cc2c1. The highest BCUT2D eigenvalue weighted by Crippen LogP contribution is 2.27. The second-order valence-corrected chi connectivity index (χ2v) is 5.70. The molecule has 0 bridgehead atoms. The number of aromatic nitrogens is 3. The fourth-order valence-corrected chi connectivity index (χ4v) is 3.02. The second-order valence-electron chi connectivity index (χ2n) is 5.70. The standard InChI is InChI=1S/C17H17N5O/c23-11-20-14-7-13-8-15(21-17(13)19-10-14)12-3-4-18-16(9-12)22-5-1-2-6-22/h3-4,7-11H,1-2,5-6H2,(H,19,21)(H,20,23). The van der Waals surface area contributed by atoms with Crippen molar-refractivity contribution < 1.29 is 4.79 Å². The van der Waals surface area contributed by atoms with Gasteiger partial charge >= 0.3 is 0 Å². The minimum atomic E-state index is 0.654. The van der Waals surface area contributed by atoms with Crippen LogP contribution in [-0.4, -0.2) is 34.5 Å². The minimum absolute atomic E-state index is 0.654. The Bertz CT molecular complexity index is 851. The van der Waals surface area contributed by atoms with Gasteiger partial charge < -0.3 is 15.2 Å². The van der Waals surface area contributed by atoms with Crippen LogP contribution in [0.25, 0.3) is 22.3 Å². The van der Waals surface area contributed by atoms with Gasteiger partial charge in [0.05, 0.1) is 11.9 Å².